The van der Waals surface area contributed by atoms with E-state index in [1.54, 1.807) is 12.1 Å². The summed E-state index contributed by atoms with van der Waals surface area (Å²) in [5.41, 5.74) is 0.588. The Bertz CT molecular complexity index is 765. The molecular weight excluding hydrogens is 535 g/mol. The molecular formula is C18H24BrIO5S. The van der Waals surface area contributed by atoms with E-state index in [9.17, 15) is 13.2 Å². The lowest BCUT2D eigenvalue weighted by Crippen LogP contribution is -2.37. The van der Waals surface area contributed by atoms with Crippen LogP contribution in [0.2, 0.25) is 0 Å². The first-order valence-corrected chi connectivity index (χ1v) is 12.3. The fourth-order valence-electron chi connectivity index (χ4n) is 3.62. The van der Waals surface area contributed by atoms with Gasteiger partial charge in [-0.25, -0.2) is 13.2 Å². The van der Waals surface area contributed by atoms with Crippen LogP contribution in [0.5, 0.6) is 5.75 Å². The second-order valence-corrected chi connectivity index (χ2v) is 11.4. The third-order valence-corrected chi connectivity index (χ3v) is 8.97. The van der Waals surface area contributed by atoms with Crippen molar-refractivity contribution in [3.05, 3.63) is 27.7 Å². The molecule has 1 aromatic carbocycles. The number of carbonyl (C=O) groups excluding carboxylic acids is 1. The highest BCUT2D eigenvalue weighted by Crippen LogP contribution is 2.38. The average molecular weight is 559 g/mol. The van der Waals surface area contributed by atoms with Crippen LogP contribution in [0.15, 0.2) is 16.6 Å². The summed E-state index contributed by atoms with van der Waals surface area (Å²) >= 11 is 5.68. The Morgan fingerprint density at radius 2 is 2.00 bits per heavy atom. The molecule has 0 aromatic heterocycles. The van der Waals surface area contributed by atoms with Crippen molar-refractivity contribution in [3.63, 3.8) is 0 Å². The topological polar surface area (TPSA) is 69.7 Å². The van der Waals surface area contributed by atoms with E-state index >= 15 is 0 Å². The standard InChI is InChI=1S/C18H24BrIO5S/c1-4-11-5-7-13(20)9-15(11)26(22,23)10-12-6-8-14(19)17(24-2)16(12)18(21)25-3/h6,8,11,13,15H,4-5,7,9-10H2,1-3H3. The van der Waals surface area contributed by atoms with Crippen molar-refractivity contribution in [1.82, 2.24) is 0 Å². The number of rotatable bonds is 6. The van der Waals surface area contributed by atoms with Crippen LogP contribution in [0.1, 0.15) is 48.5 Å². The Balaban J connectivity index is 2.44. The maximum Gasteiger partial charge on any atom is 0.342 e. The molecule has 0 N–H and O–H groups in total. The van der Waals surface area contributed by atoms with Gasteiger partial charge in [-0.05, 0) is 52.7 Å². The Labute approximate surface area is 177 Å². The van der Waals surface area contributed by atoms with Gasteiger partial charge >= 0.3 is 5.97 Å². The van der Waals surface area contributed by atoms with E-state index < -0.39 is 15.8 Å². The summed E-state index contributed by atoms with van der Waals surface area (Å²) in [6, 6.07) is 3.36. The fourth-order valence-corrected chi connectivity index (χ4v) is 7.69. The van der Waals surface area contributed by atoms with Crippen LogP contribution in [0.25, 0.3) is 0 Å². The number of halogens is 2. The van der Waals surface area contributed by atoms with Gasteiger partial charge in [0.1, 0.15) is 11.3 Å². The minimum absolute atomic E-state index is 0.169. The van der Waals surface area contributed by atoms with Gasteiger partial charge in [-0.15, -0.1) is 0 Å². The number of methoxy groups -OCH3 is 2. The molecule has 1 aliphatic carbocycles. The normalized spacial score (nSPS) is 23.5. The summed E-state index contributed by atoms with van der Waals surface area (Å²) in [7, 11) is -0.698. The molecule has 1 aromatic rings. The highest BCUT2D eigenvalue weighted by molar-refractivity contribution is 14.1. The highest BCUT2D eigenvalue weighted by atomic mass is 127. The SMILES string of the molecule is CCC1CCC(I)CC1S(=O)(=O)Cc1ccc(Br)c(OC)c1C(=O)OC. The third-order valence-electron chi connectivity index (χ3n) is 5.00. The predicted molar refractivity (Wildman–Crippen MR) is 114 cm³/mol. The molecule has 0 radical (unpaired) electrons. The number of sulfone groups is 1. The van der Waals surface area contributed by atoms with Crippen LogP contribution >= 0.6 is 38.5 Å². The minimum atomic E-state index is -3.42. The summed E-state index contributed by atoms with van der Waals surface area (Å²) in [6.07, 6.45) is 3.51. The first kappa shape index (κ1) is 21.9. The van der Waals surface area contributed by atoms with Crippen molar-refractivity contribution in [2.75, 3.05) is 14.2 Å². The summed E-state index contributed by atoms with van der Waals surface area (Å²) in [5.74, 6) is -0.321. The smallest absolute Gasteiger partial charge is 0.342 e. The number of benzene rings is 1. The van der Waals surface area contributed by atoms with Gasteiger partial charge in [0, 0.05) is 3.92 Å². The molecule has 0 spiro atoms. The molecule has 0 saturated heterocycles. The minimum Gasteiger partial charge on any atom is -0.495 e. The van der Waals surface area contributed by atoms with Crippen LogP contribution in [-0.2, 0) is 20.3 Å². The van der Waals surface area contributed by atoms with Gasteiger partial charge in [0.2, 0.25) is 0 Å². The van der Waals surface area contributed by atoms with Crippen molar-refractivity contribution < 1.29 is 22.7 Å². The molecule has 0 heterocycles. The molecule has 0 bridgehead atoms. The molecule has 26 heavy (non-hydrogen) atoms. The summed E-state index contributed by atoms with van der Waals surface area (Å²) in [5, 5.41) is -0.372. The number of carbonyl (C=O) groups is 1. The lowest BCUT2D eigenvalue weighted by Gasteiger charge is -2.33. The zero-order chi connectivity index (χ0) is 19.5. The van der Waals surface area contributed by atoms with E-state index in [-0.39, 0.29) is 22.5 Å². The van der Waals surface area contributed by atoms with Crippen LogP contribution in [0, 0.1) is 5.92 Å². The summed E-state index contributed by atoms with van der Waals surface area (Å²) in [4.78, 5) is 12.3. The molecule has 3 unspecified atom stereocenters. The first-order chi connectivity index (χ1) is 12.2. The van der Waals surface area contributed by atoms with Crippen LogP contribution in [0.3, 0.4) is 0 Å². The van der Waals surface area contributed by atoms with Crippen LogP contribution in [-0.4, -0.2) is 37.8 Å². The van der Waals surface area contributed by atoms with Gasteiger partial charge in [0.25, 0.3) is 0 Å². The van der Waals surface area contributed by atoms with E-state index in [0.29, 0.717) is 26.1 Å². The maximum absolute atomic E-state index is 13.2. The van der Waals surface area contributed by atoms with Gasteiger partial charge in [0.05, 0.1) is 29.7 Å². The number of ether oxygens (including phenoxy) is 2. The Morgan fingerprint density at radius 3 is 2.58 bits per heavy atom. The molecule has 2 rings (SSSR count). The molecule has 1 saturated carbocycles. The quantitative estimate of drug-likeness (QED) is 0.291. The Kier molecular flexibility index (Phi) is 7.79. The average Bonchev–Trinajstić information content (AvgIpc) is 2.62. The van der Waals surface area contributed by atoms with Gasteiger partial charge in [-0.1, -0.05) is 42.0 Å². The molecule has 0 amide bonds. The van der Waals surface area contributed by atoms with Crippen molar-refractivity contribution in [2.45, 2.75) is 47.5 Å². The van der Waals surface area contributed by atoms with Gasteiger partial charge < -0.3 is 9.47 Å². The van der Waals surface area contributed by atoms with Gasteiger partial charge in [-0.3, -0.25) is 0 Å². The van der Waals surface area contributed by atoms with Gasteiger partial charge in [-0.2, -0.15) is 0 Å². The van der Waals surface area contributed by atoms with Crippen LogP contribution < -0.4 is 4.74 Å². The van der Waals surface area contributed by atoms with Crippen LogP contribution in [0.4, 0.5) is 0 Å². The molecule has 1 fully saturated rings. The van der Waals surface area contributed by atoms with Gasteiger partial charge in [0.15, 0.2) is 9.84 Å². The maximum atomic E-state index is 13.2. The van der Waals surface area contributed by atoms with E-state index in [2.05, 4.69) is 38.5 Å². The molecule has 3 atom stereocenters. The summed E-state index contributed by atoms with van der Waals surface area (Å²) in [6.45, 7) is 2.04. The second kappa shape index (κ2) is 9.23. The number of esters is 1. The number of hydrogen-bond acceptors (Lipinski definition) is 5. The first-order valence-electron chi connectivity index (χ1n) is 8.54. The molecule has 5 nitrogen and oxygen atoms in total. The lowest BCUT2D eigenvalue weighted by molar-refractivity contribution is 0.0596. The Hall–Kier alpha value is -0.350. The van der Waals surface area contributed by atoms with Crippen molar-refractivity contribution in [1.29, 1.82) is 0 Å². The van der Waals surface area contributed by atoms with Crippen molar-refractivity contribution in [3.8, 4) is 5.75 Å². The number of hydrogen-bond donors (Lipinski definition) is 0. The monoisotopic (exact) mass is 558 g/mol. The molecule has 146 valence electrons. The Morgan fingerprint density at radius 1 is 1.31 bits per heavy atom. The van der Waals surface area contributed by atoms with E-state index in [0.717, 1.165) is 19.3 Å². The highest BCUT2D eigenvalue weighted by Gasteiger charge is 2.38. The summed E-state index contributed by atoms with van der Waals surface area (Å²) < 4.78 is 37.5. The second-order valence-electron chi connectivity index (χ2n) is 6.53. The van der Waals surface area contributed by atoms with E-state index in [1.165, 1.54) is 14.2 Å². The lowest BCUT2D eigenvalue weighted by atomic mass is 9.87. The molecule has 8 heteroatoms. The fraction of sp³-hybridized carbons (Fsp3) is 0.611. The molecule has 1 aliphatic rings. The zero-order valence-corrected chi connectivity index (χ0v) is 19.7. The van der Waals surface area contributed by atoms with Crippen molar-refractivity contribution in [2.24, 2.45) is 5.92 Å². The molecule has 0 aliphatic heterocycles. The van der Waals surface area contributed by atoms with E-state index in [1.807, 2.05) is 6.92 Å². The largest absolute Gasteiger partial charge is 0.495 e. The third kappa shape index (κ3) is 4.73. The number of alkyl halides is 1. The van der Waals surface area contributed by atoms with Crippen molar-refractivity contribution >= 4 is 54.3 Å². The zero-order valence-electron chi connectivity index (χ0n) is 15.1. The van der Waals surface area contributed by atoms with E-state index in [4.69, 9.17) is 9.47 Å². The predicted octanol–water partition coefficient (Wildman–Crippen LogP) is 4.54.